The SMILES string of the molecule is Cc1ncc(CN2C[C@H]3C[C@@H]2CN3)[nH]1. The van der Waals surface area contributed by atoms with E-state index < -0.39 is 0 Å². The fourth-order valence-corrected chi connectivity index (χ4v) is 2.61. The predicted molar refractivity (Wildman–Crippen MR) is 53.9 cm³/mol. The zero-order valence-corrected chi connectivity index (χ0v) is 8.45. The fourth-order valence-electron chi connectivity index (χ4n) is 2.61. The molecule has 4 nitrogen and oxygen atoms in total. The van der Waals surface area contributed by atoms with Crippen molar-refractivity contribution in [3.05, 3.63) is 17.7 Å². The van der Waals surface area contributed by atoms with E-state index >= 15 is 0 Å². The van der Waals surface area contributed by atoms with Crippen molar-refractivity contribution in [2.45, 2.75) is 32.0 Å². The highest BCUT2D eigenvalue weighted by molar-refractivity contribution is 5.04. The summed E-state index contributed by atoms with van der Waals surface area (Å²) in [4.78, 5) is 10.1. The van der Waals surface area contributed by atoms with Gasteiger partial charge in [-0.25, -0.2) is 4.98 Å². The Morgan fingerprint density at radius 1 is 1.64 bits per heavy atom. The largest absolute Gasteiger partial charge is 0.345 e. The minimum Gasteiger partial charge on any atom is -0.345 e. The number of nitrogens with one attached hydrogen (secondary N) is 2. The third-order valence-corrected chi connectivity index (χ3v) is 3.30. The molecule has 0 radical (unpaired) electrons. The van der Waals surface area contributed by atoms with Crippen molar-refractivity contribution in [1.82, 2.24) is 20.2 Å². The summed E-state index contributed by atoms with van der Waals surface area (Å²) >= 11 is 0. The third kappa shape index (κ3) is 1.35. The van der Waals surface area contributed by atoms with E-state index in [-0.39, 0.29) is 0 Å². The molecule has 2 N–H and O–H groups in total. The maximum absolute atomic E-state index is 4.22. The number of hydrogen-bond acceptors (Lipinski definition) is 3. The highest BCUT2D eigenvalue weighted by Gasteiger charge is 2.37. The van der Waals surface area contributed by atoms with E-state index in [0.717, 1.165) is 31.0 Å². The van der Waals surface area contributed by atoms with Gasteiger partial charge >= 0.3 is 0 Å². The van der Waals surface area contributed by atoms with Gasteiger partial charge in [0.1, 0.15) is 5.82 Å². The van der Waals surface area contributed by atoms with Gasteiger partial charge in [0.2, 0.25) is 0 Å². The lowest BCUT2D eigenvalue weighted by molar-refractivity contribution is 0.215. The number of aryl methyl sites for hydroxylation is 1. The van der Waals surface area contributed by atoms with Crippen LogP contribution in [0.1, 0.15) is 17.9 Å². The van der Waals surface area contributed by atoms with Crippen LogP contribution in [0, 0.1) is 6.92 Å². The molecule has 0 spiro atoms. The fraction of sp³-hybridized carbons (Fsp3) is 0.700. The van der Waals surface area contributed by atoms with Crippen LogP contribution in [0.5, 0.6) is 0 Å². The second kappa shape index (κ2) is 3.07. The van der Waals surface area contributed by atoms with Gasteiger partial charge in [0.25, 0.3) is 0 Å². The molecule has 4 heteroatoms. The molecular formula is C10H16N4. The first-order valence-corrected chi connectivity index (χ1v) is 5.29. The van der Waals surface area contributed by atoms with Gasteiger partial charge in [-0.15, -0.1) is 0 Å². The zero-order chi connectivity index (χ0) is 9.54. The minimum atomic E-state index is 0.740. The Kier molecular flexibility index (Phi) is 1.85. The van der Waals surface area contributed by atoms with Gasteiger partial charge in [0, 0.05) is 43.6 Å². The van der Waals surface area contributed by atoms with Crippen LogP contribution in [0.3, 0.4) is 0 Å². The molecule has 0 aromatic carbocycles. The molecule has 2 fully saturated rings. The number of nitrogens with zero attached hydrogens (tertiary/aromatic N) is 2. The van der Waals surface area contributed by atoms with E-state index in [2.05, 4.69) is 20.2 Å². The van der Waals surface area contributed by atoms with E-state index in [4.69, 9.17) is 0 Å². The molecule has 2 aliphatic heterocycles. The summed E-state index contributed by atoms with van der Waals surface area (Å²) in [5.74, 6) is 1.02. The Labute approximate surface area is 83.7 Å². The van der Waals surface area contributed by atoms with Crippen LogP contribution in [0.15, 0.2) is 6.20 Å². The maximum Gasteiger partial charge on any atom is 0.103 e. The summed E-state index contributed by atoms with van der Waals surface area (Å²) in [5, 5.41) is 3.51. The molecule has 0 saturated carbocycles. The van der Waals surface area contributed by atoms with Crippen molar-refractivity contribution in [2.75, 3.05) is 13.1 Å². The summed E-state index contributed by atoms with van der Waals surface area (Å²) in [6.45, 7) is 5.39. The number of hydrogen-bond donors (Lipinski definition) is 2. The third-order valence-electron chi connectivity index (χ3n) is 3.30. The molecule has 0 amide bonds. The van der Waals surface area contributed by atoms with Crippen molar-refractivity contribution < 1.29 is 0 Å². The lowest BCUT2D eigenvalue weighted by Gasteiger charge is -2.26. The molecule has 76 valence electrons. The van der Waals surface area contributed by atoms with Crippen LogP contribution < -0.4 is 5.32 Å². The number of fused-ring (bicyclic) bond motifs is 2. The van der Waals surface area contributed by atoms with Gasteiger partial charge in [0.15, 0.2) is 0 Å². The quantitative estimate of drug-likeness (QED) is 0.706. The van der Waals surface area contributed by atoms with Crippen molar-refractivity contribution in [3.8, 4) is 0 Å². The highest BCUT2D eigenvalue weighted by Crippen LogP contribution is 2.24. The minimum absolute atomic E-state index is 0.740. The standard InChI is InChI=1S/C10H16N4/c1-7-11-3-9(13-7)6-14-5-8-2-10(14)4-12-8/h3,8,10,12H,2,4-6H2,1H3,(H,11,13)/t8-,10-/m1/s1. The number of likely N-dealkylation sites (tertiary alicyclic amines) is 1. The smallest absolute Gasteiger partial charge is 0.103 e. The van der Waals surface area contributed by atoms with Crippen LogP contribution in [0.25, 0.3) is 0 Å². The summed E-state index contributed by atoms with van der Waals surface area (Å²) in [6, 6.07) is 1.49. The molecule has 2 bridgehead atoms. The zero-order valence-electron chi connectivity index (χ0n) is 8.45. The Morgan fingerprint density at radius 2 is 2.57 bits per heavy atom. The van der Waals surface area contributed by atoms with Crippen LogP contribution in [0.2, 0.25) is 0 Å². The van der Waals surface area contributed by atoms with Crippen LogP contribution >= 0.6 is 0 Å². The first-order chi connectivity index (χ1) is 6.81. The molecule has 1 aromatic rings. The summed E-state index contributed by atoms with van der Waals surface area (Å²) < 4.78 is 0. The molecule has 3 heterocycles. The Hall–Kier alpha value is -0.870. The molecular weight excluding hydrogens is 176 g/mol. The van der Waals surface area contributed by atoms with Crippen molar-refractivity contribution >= 4 is 0 Å². The van der Waals surface area contributed by atoms with Crippen LogP contribution in [-0.4, -0.2) is 40.0 Å². The molecule has 2 saturated heterocycles. The van der Waals surface area contributed by atoms with Gasteiger partial charge in [-0.1, -0.05) is 0 Å². The molecule has 14 heavy (non-hydrogen) atoms. The normalized spacial score (nSPS) is 31.5. The second-order valence-corrected chi connectivity index (χ2v) is 4.42. The lowest BCUT2D eigenvalue weighted by Crippen LogP contribution is -2.43. The molecule has 2 aliphatic rings. The van der Waals surface area contributed by atoms with E-state index in [0.29, 0.717) is 0 Å². The number of piperazine rings is 1. The first-order valence-electron chi connectivity index (χ1n) is 5.29. The summed E-state index contributed by atoms with van der Waals surface area (Å²) in [5.41, 5.74) is 1.25. The number of imidazole rings is 1. The van der Waals surface area contributed by atoms with Gasteiger partial charge in [0.05, 0.1) is 0 Å². The van der Waals surface area contributed by atoms with Crippen molar-refractivity contribution in [3.63, 3.8) is 0 Å². The molecule has 1 aromatic heterocycles. The second-order valence-electron chi connectivity index (χ2n) is 4.42. The number of rotatable bonds is 2. The van der Waals surface area contributed by atoms with E-state index in [9.17, 15) is 0 Å². The highest BCUT2D eigenvalue weighted by atomic mass is 15.3. The Balaban J connectivity index is 1.68. The van der Waals surface area contributed by atoms with Gasteiger partial charge in [-0.3, -0.25) is 4.90 Å². The number of aromatic nitrogens is 2. The van der Waals surface area contributed by atoms with E-state index in [1.807, 2.05) is 13.1 Å². The average Bonchev–Trinajstić information content (AvgIpc) is 2.82. The van der Waals surface area contributed by atoms with Gasteiger partial charge in [-0.05, 0) is 13.3 Å². The van der Waals surface area contributed by atoms with Crippen molar-refractivity contribution in [2.24, 2.45) is 0 Å². The van der Waals surface area contributed by atoms with Gasteiger partial charge in [-0.2, -0.15) is 0 Å². The van der Waals surface area contributed by atoms with E-state index in [1.165, 1.54) is 18.7 Å². The maximum atomic E-state index is 4.22. The molecule has 3 rings (SSSR count). The van der Waals surface area contributed by atoms with Crippen molar-refractivity contribution in [1.29, 1.82) is 0 Å². The monoisotopic (exact) mass is 192 g/mol. The summed E-state index contributed by atoms with van der Waals surface area (Å²) in [7, 11) is 0. The topological polar surface area (TPSA) is 44.0 Å². The Bertz CT molecular complexity index is 333. The Morgan fingerprint density at radius 3 is 3.14 bits per heavy atom. The van der Waals surface area contributed by atoms with Gasteiger partial charge < -0.3 is 10.3 Å². The lowest BCUT2D eigenvalue weighted by atomic mass is 10.2. The number of aromatic amines is 1. The molecule has 2 atom stereocenters. The molecule has 0 aliphatic carbocycles. The number of H-pyrrole nitrogens is 1. The van der Waals surface area contributed by atoms with E-state index in [1.54, 1.807) is 0 Å². The first kappa shape index (κ1) is 8.44. The average molecular weight is 192 g/mol. The molecule has 0 unspecified atom stereocenters. The van der Waals surface area contributed by atoms with Crippen LogP contribution in [-0.2, 0) is 6.54 Å². The predicted octanol–water partition coefficient (Wildman–Crippen LogP) is 0.264. The van der Waals surface area contributed by atoms with Crippen LogP contribution in [0.4, 0.5) is 0 Å². The summed E-state index contributed by atoms with van der Waals surface area (Å²) in [6.07, 6.45) is 3.28.